The van der Waals surface area contributed by atoms with Crippen LogP contribution in [0.2, 0.25) is 19.1 Å². The first kappa shape index (κ1) is 24.7. The van der Waals surface area contributed by atoms with Crippen molar-refractivity contribution in [1.29, 1.82) is 0 Å². The van der Waals surface area contributed by atoms with Gasteiger partial charge in [0.25, 0.3) is 0 Å². The smallest absolute Gasteiger partial charge is 0.422 e. The van der Waals surface area contributed by atoms with Crippen molar-refractivity contribution in [3.05, 3.63) is 78.0 Å². The highest BCUT2D eigenvalue weighted by atomic mass is 28.3. The average Bonchev–Trinajstić information content (AvgIpc) is 2.76. The zero-order chi connectivity index (χ0) is 24.1. The molecule has 0 aliphatic rings. The van der Waals surface area contributed by atoms with Gasteiger partial charge < -0.3 is 9.47 Å². The molecule has 176 valence electrons. The second-order valence-electron chi connectivity index (χ2n) is 8.35. The van der Waals surface area contributed by atoms with E-state index in [1.807, 2.05) is 0 Å². The molecule has 3 aromatic rings. The van der Waals surface area contributed by atoms with E-state index in [4.69, 9.17) is 4.74 Å². The predicted molar refractivity (Wildman–Crippen MR) is 119 cm³/mol. The van der Waals surface area contributed by atoms with E-state index >= 15 is 0 Å². The lowest BCUT2D eigenvalue weighted by Gasteiger charge is -2.23. The Bertz CT molecular complexity index is 1050. The lowest BCUT2D eigenvalue weighted by atomic mass is 10.1. The van der Waals surface area contributed by atoms with Gasteiger partial charge in [-0.2, -0.15) is 13.2 Å². The quantitative estimate of drug-likeness (QED) is 0.254. The van der Waals surface area contributed by atoms with Crippen molar-refractivity contribution < 1.29 is 31.4 Å². The van der Waals surface area contributed by atoms with Gasteiger partial charge in [-0.1, -0.05) is 37.7 Å². The first-order valence-corrected chi connectivity index (χ1v) is 13.6. The summed E-state index contributed by atoms with van der Waals surface area (Å²) in [5.41, 5.74) is 0.910. The van der Waals surface area contributed by atoms with Crippen molar-refractivity contribution in [2.24, 2.45) is 0 Å². The van der Waals surface area contributed by atoms with Crippen LogP contribution in [0.3, 0.4) is 0 Å². The van der Waals surface area contributed by atoms with Crippen LogP contribution < -0.4 is 14.7 Å². The number of alkyl halides is 3. The Morgan fingerprint density at radius 2 is 1.67 bits per heavy atom. The molecule has 1 heterocycles. The third-order valence-corrected chi connectivity index (χ3v) is 8.67. The van der Waals surface area contributed by atoms with E-state index in [-0.39, 0.29) is 11.6 Å². The molecule has 0 amide bonds. The maximum atomic E-state index is 14.1. The minimum Gasteiger partial charge on any atom is -0.468 e. The Morgan fingerprint density at radius 3 is 2.30 bits per heavy atom. The predicted octanol–water partition coefficient (Wildman–Crippen LogP) is 6.64. The Labute approximate surface area is 190 Å². The molecule has 0 aliphatic carbocycles. The molecule has 9 heteroatoms. The standard InChI is InChI=1S/C24H24F5NO2Si/c1-33(2,20-10-12-23(30-15-20)31-16-24(27,28)29)13-3-4-17-5-11-21(26)22(14-17)32-19-8-6-18(25)7-9-19/h5-12,14-15H,3-4,13,16H2,1-2H3. The van der Waals surface area contributed by atoms with Crippen LogP contribution in [0.4, 0.5) is 22.0 Å². The molecule has 0 bridgehead atoms. The Balaban J connectivity index is 1.57. The van der Waals surface area contributed by atoms with Crippen LogP contribution in [0.5, 0.6) is 17.4 Å². The largest absolute Gasteiger partial charge is 0.468 e. The second-order valence-corrected chi connectivity index (χ2v) is 13.2. The second kappa shape index (κ2) is 10.3. The zero-order valence-corrected chi connectivity index (χ0v) is 19.3. The SMILES string of the molecule is C[Si](C)(CCCc1ccc(F)c(Oc2ccc(F)cc2)c1)c1ccc(OCC(F)(F)F)nc1. The van der Waals surface area contributed by atoms with Gasteiger partial charge in [0.15, 0.2) is 18.2 Å². The summed E-state index contributed by atoms with van der Waals surface area (Å²) >= 11 is 0. The summed E-state index contributed by atoms with van der Waals surface area (Å²) in [5.74, 6) is -0.537. The number of nitrogens with zero attached hydrogens (tertiary/aromatic N) is 1. The molecule has 0 radical (unpaired) electrons. The number of halogens is 5. The van der Waals surface area contributed by atoms with Crippen molar-refractivity contribution in [2.75, 3.05) is 6.61 Å². The van der Waals surface area contributed by atoms with Crippen LogP contribution in [0.15, 0.2) is 60.8 Å². The van der Waals surface area contributed by atoms with Crippen molar-refractivity contribution in [2.45, 2.75) is 38.2 Å². The van der Waals surface area contributed by atoms with Crippen molar-refractivity contribution >= 4 is 13.3 Å². The molecule has 2 aromatic carbocycles. The van der Waals surface area contributed by atoms with Crippen LogP contribution in [-0.4, -0.2) is 25.8 Å². The fraction of sp³-hybridized carbons (Fsp3) is 0.292. The minimum atomic E-state index is -4.40. The minimum absolute atomic E-state index is 0.0547. The third kappa shape index (κ3) is 7.56. The van der Waals surface area contributed by atoms with Crippen LogP contribution in [0.1, 0.15) is 12.0 Å². The fourth-order valence-corrected chi connectivity index (χ4v) is 5.61. The number of aryl methyl sites for hydroxylation is 1. The van der Waals surface area contributed by atoms with Crippen molar-refractivity contribution in [3.63, 3.8) is 0 Å². The number of pyridine rings is 1. The molecule has 0 atom stereocenters. The first-order valence-electron chi connectivity index (χ1n) is 10.4. The maximum Gasteiger partial charge on any atom is 0.422 e. The maximum absolute atomic E-state index is 14.1. The molecule has 0 N–H and O–H groups in total. The van der Waals surface area contributed by atoms with E-state index in [0.29, 0.717) is 12.2 Å². The van der Waals surface area contributed by atoms with Gasteiger partial charge in [-0.05, 0) is 53.6 Å². The van der Waals surface area contributed by atoms with Crippen molar-refractivity contribution in [3.8, 4) is 17.4 Å². The molecule has 3 nitrogen and oxygen atoms in total. The summed E-state index contributed by atoms with van der Waals surface area (Å²) in [6.07, 6.45) is -1.27. The van der Waals surface area contributed by atoms with Gasteiger partial charge in [-0.15, -0.1) is 0 Å². The molecule has 0 fully saturated rings. The zero-order valence-electron chi connectivity index (χ0n) is 18.3. The summed E-state index contributed by atoms with van der Waals surface area (Å²) < 4.78 is 74.2. The van der Waals surface area contributed by atoms with E-state index in [9.17, 15) is 22.0 Å². The summed E-state index contributed by atoms with van der Waals surface area (Å²) in [4.78, 5) is 4.01. The van der Waals surface area contributed by atoms with Crippen LogP contribution in [-0.2, 0) is 6.42 Å². The molecule has 0 saturated carbocycles. The van der Waals surface area contributed by atoms with Gasteiger partial charge in [0, 0.05) is 12.3 Å². The van der Waals surface area contributed by atoms with Gasteiger partial charge in [0.05, 0.1) is 8.07 Å². The summed E-state index contributed by atoms with van der Waals surface area (Å²) in [5, 5.41) is 1.02. The summed E-state index contributed by atoms with van der Waals surface area (Å²) in [6, 6.07) is 14.2. The Kier molecular flexibility index (Phi) is 7.73. The molecule has 0 saturated heterocycles. The number of rotatable bonds is 9. The highest BCUT2D eigenvalue weighted by Crippen LogP contribution is 2.27. The molecule has 1 aromatic heterocycles. The summed E-state index contributed by atoms with van der Waals surface area (Å²) in [7, 11) is -1.89. The van der Waals surface area contributed by atoms with Crippen molar-refractivity contribution in [1.82, 2.24) is 4.98 Å². The molecule has 0 unspecified atom stereocenters. The van der Waals surface area contributed by atoms with Crippen LogP contribution in [0, 0.1) is 11.6 Å². The van der Waals surface area contributed by atoms with E-state index in [1.165, 1.54) is 36.4 Å². The monoisotopic (exact) mass is 481 g/mol. The Hall–Kier alpha value is -2.94. The van der Waals surface area contributed by atoms with Gasteiger partial charge in [-0.3, -0.25) is 0 Å². The molecular formula is C24H24F5NO2Si. The fourth-order valence-electron chi connectivity index (χ4n) is 3.31. The number of hydrogen-bond donors (Lipinski definition) is 0. The average molecular weight is 482 g/mol. The van der Waals surface area contributed by atoms with Gasteiger partial charge in [0.2, 0.25) is 5.88 Å². The number of benzene rings is 2. The highest BCUT2D eigenvalue weighted by Gasteiger charge is 2.29. The number of ether oxygens (including phenoxy) is 2. The summed E-state index contributed by atoms with van der Waals surface area (Å²) in [6.45, 7) is 2.95. The van der Waals surface area contributed by atoms with Gasteiger partial charge >= 0.3 is 6.18 Å². The van der Waals surface area contributed by atoms with E-state index in [0.717, 1.165) is 23.2 Å². The molecular weight excluding hydrogens is 457 g/mol. The van der Waals surface area contributed by atoms with E-state index < -0.39 is 32.5 Å². The Morgan fingerprint density at radius 1 is 0.939 bits per heavy atom. The van der Waals surface area contributed by atoms with E-state index in [2.05, 4.69) is 22.8 Å². The first-order chi connectivity index (χ1) is 15.5. The molecule has 33 heavy (non-hydrogen) atoms. The topological polar surface area (TPSA) is 31.4 Å². The van der Waals surface area contributed by atoms with E-state index in [1.54, 1.807) is 24.4 Å². The third-order valence-electron chi connectivity index (χ3n) is 5.21. The number of hydrogen-bond acceptors (Lipinski definition) is 3. The van der Waals surface area contributed by atoms with Crippen LogP contribution in [0.25, 0.3) is 0 Å². The molecule has 0 aliphatic heterocycles. The lowest BCUT2D eigenvalue weighted by Crippen LogP contribution is -2.41. The van der Waals surface area contributed by atoms with Crippen LogP contribution >= 0.6 is 0 Å². The lowest BCUT2D eigenvalue weighted by molar-refractivity contribution is -0.154. The molecule has 3 rings (SSSR count). The molecule has 0 spiro atoms. The highest BCUT2D eigenvalue weighted by molar-refractivity contribution is 6.89. The normalized spacial score (nSPS) is 12.0. The van der Waals surface area contributed by atoms with Gasteiger partial charge in [0.1, 0.15) is 11.6 Å². The van der Waals surface area contributed by atoms with Gasteiger partial charge in [-0.25, -0.2) is 13.8 Å². The number of aromatic nitrogens is 1.